The minimum Gasteiger partial charge on any atom is -0.450 e. The molecule has 1 heterocycles. The lowest BCUT2D eigenvalue weighted by molar-refractivity contribution is -0.119. The minimum atomic E-state index is -2.63. The Morgan fingerprint density at radius 3 is 2.63 bits per heavy atom. The molecular formula is C21H19F2NO5S. The summed E-state index contributed by atoms with van der Waals surface area (Å²) in [6, 6.07) is 13.2. The molecule has 0 aliphatic carbocycles. The van der Waals surface area contributed by atoms with Gasteiger partial charge in [0.1, 0.15) is 5.58 Å². The van der Waals surface area contributed by atoms with E-state index in [9.17, 15) is 18.4 Å². The van der Waals surface area contributed by atoms with Gasteiger partial charge in [-0.15, -0.1) is 0 Å². The Kier molecular flexibility index (Phi) is 7.42. The third kappa shape index (κ3) is 5.37. The van der Waals surface area contributed by atoms with Gasteiger partial charge >= 0.3 is 5.97 Å². The Hall–Kier alpha value is -2.91. The van der Waals surface area contributed by atoms with Crippen LogP contribution < -0.4 is 5.32 Å². The lowest BCUT2D eigenvalue weighted by Crippen LogP contribution is -2.21. The summed E-state index contributed by atoms with van der Waals surface area (Å²) in [6.07, 6.45) is 0. The molecule has 3 aromatic rings. The van der Waals surface area contributed by atoms with E-state index in [4.69, 9.17) is 13.9 Å². The first-order valence-corrected chi connectivity index (χ1v) is 9.96. The largest absolute Gasteiger partial charge is 0.450 e. The van der Waals surface area contributed by atoms with Gasteiger partial charge in [-0.2, -0.15) is 8.78 Å². The maximum absolute atomic E-state index is 12.7. The van der Waals surface area contributed by atoms with E-state index in [0.717, 1.165) is 5.39 Å². The van der Waals surface area contributed by atoms with Gasteiger partial charge in [-0.3, -0.25) is 4.79 Å². The van der Waals surface area contributed by atoms with E-state index in [2.05, 4.69) is 5.32 Å². The van der Waals surface area contributed by atoms with Crippen LogP contribution in [0.15, 0.2) is 57.8 Å². The summed E-state index contributed by atoms with van der Waals surface area (Å²) in [5.41, 5.74) is 1.25. The highest BCUT2D eigenvalue weighted by Crippen LogP contribution is 2.31. The van der Waals surface area contributed by atoms with Crippen LogP contribution in [0.3, 0.4) is 0 Å². The Labute approximate surface area is 175 Å². The topological polar surface area (TPSA) is 77.8 Å². The number of ether oxygens (including phenoxy) is 2. The Morgan fingerprint density at radius 1 is 1.13 bits per heavy atom. The molecule has 158 valence electrons. The molecular weight excluding hydrogens is 416 g/mol. The number of benzene rings is 2. The highest BCUT2D eigenvalue weighted by atomic mass is 32.2. The average Bonchev–Trinajstić information content (AvgIpc) is 3.10. The van der Waals surface area contributed by atoms with Crippen LogP contribution in [0.25, 0.3) is 11.0 Å². The Balaban J connectivity index is 1.68. The van der Waals surface area contributed by atoms with Crippen molar-refractivity contribution in [2.45, 2.75) is 24.2 Å². The monoisotopic (exact) mass is 435 g/mol. The molecule has 9 heteroatoms. The first kappa shape index (κ1) is 21.8. The van der Waals surface area contributed by atoms with E-state index in [1.807, 2.05) is 13.0 Å². The van der Waals surface area contributed by atoms with Crippen LogP contribution in [-0.2, 0) is 20.9 Å². The van der Waals surface area contributed by atoms with Gasteiger partial charge in [0.25, 0.3) is 11.7 Å². The van der Waals surface area contributed by atoms with Gasteiger partial charge in [-0.1, -0.05) is 42.1 Å². The second-order valence-electron chi connectivity index (χ2n) is 6.04. The Morgan fingerprint density at radius 2 is 1.87 bits per heavy atom. The molecule has 2 aromatic carbocycles. The van der Waals surface area contributed by atoms with Crippen molar-refractivity contribution in [1.82, 2.24) is 0 Å². The van der Waals surface area contributed by atoms with Crippen molar-refractivity contribution in [3.63, 3.8) is 0 Å². The number of amides is 1. The number of hydrogen-bond donors (Lipinski definition) is 1. The number of nitrogens with one attached hydrogen (secondary N) is 1. The average molecular weight is 435 g/mol. The van der Waals surface area contributed by atoms with E-state index in [-0.39, 0.29) is 22.9 Å². The number of alkyl halides is 2. The molecule has 0 fully saturated rings. The second kappa shape index (κ2) is 10.2. The maximum Gasteiger partial charge on any atom is 0.375 e. The molecule has 1 N–H and O–H groups in total. The molecule has 0 aliphatic rings. The highest BCUT2D eigenvalue weighted by molar-refractivity contribution is 7.99. The third-order valence-corrected chi connectivity index (χ3v) is 4.83. The zero-order chi connectivity index (χ0) is 21.5. The van der Waals surface area contributed by atoms with Crippen molar-refractivity contribution in [3.8, 4) is 0 Å². The van der Waals surface area contributed by atoms with Crippen molar-refractivity contribution in [2.24, 2.45) is 0 Å². The first-order chi connectivity index (χ1) is 14.5. The van der Waals surface area contributed by atoms with Crippen molar-refractivity contribution in [2.75, 3.05) is 18.5 Å². The lowest BCUT2D eigenvalue weighted by Gasteiger charge is -2.10. The van der Waals surface area contributed by atoms with Gasteiger partial charge in [0.05, 0.1) is 12.3 Å². The summed E-state index contributed by atoms with van der Waals surface area (Å²) in [5.74, 6) is -4.14. The van der Waals surface area contributed by atoms with E-state index in [1.165, 1.54) is 12.1 Å². The number of furan rings is 1. The molecule has 0 radical (unpaired) electrons. The summed E-state index contributed by atoms with van der Waals surface area (Å²) in [7, 11) is 0. The van der Waals surface area contributed by atoms with Gasteiger partial charge < -0.3 is 19.2 Å². The second-order valence-corrected chi connectivity index (χ2v) is 7.07. The van der Waals surface area contributed by atoms with Crippen LogP contribution in [0, 0.1) is 0 Å². The summed E-state index contributed by atoms with van der Waals surface area (Å²) in [4.78, 5) is 24.9. The smallest absolute Gasteiger partial charge is 0.375 e. The van der Waals surface area contributed by atoms with E-state index >= 15 is 0 Å². The van der Waals surface area contributed by atoms with E-state index in [0.29, 0.717) is 29.5 Å². The zero-order valence-corrected chi connectivity index (χ0v) is 16.8. The number of hydrogen-bond acceptors (Lipinski definition) is 6. The van der Waals surface area contributed by atoms with Crippen LogP contribution in [-0.4, -0.2) is 30.8 Å². The van der Waals surface area contributed by atoms with Gasteiger partial charge in [0.2, 0.25) is 5.76 Å². The highest BCUT2D eigenvalue weighted by Gasteiger charge is 2.23. The van der Waals surface area contributed by atoms with Crippen LogP contribution in [0.5, 0.6) is 0 Å². The van der Waals surface area contributed by atoms with E-state index in [1.54, 1.807) is 30.3 Å². The number of esters is 1. The molecule has 0 aliphatic heterocycles. The fourth-order valence-electron chi connectivity index (χ4n) is 2.76. The fourth-order valence-corrected chi connectivity index (χ4v) is 3.36. The molecule has 0 atom stereocenters. The van der Waals surface area contributed by atoms with Crippen LogP contribution in [0.2, 0.25) is 0 Å². The van der Waals surface area contributed by atoms with Crippen molar-refractivity contribution >= 4 is 40.3 Å². The summed E-state index contributed by atoms with van der Waals surface area (Å²) >= 11 is 0.316. The molecule has 1 amide bonds. The quantitative estimate of drug-likeness (QED) is 0.373. The molecule has 0 saturated heterocycles. The van der Waals surface area contributed by atoms with E-state index < -0.39 is 24.2 Å². The van der Waals surface area contributed by atoms with Crippen molar-refractivity contribution in [3.05, 3.63) is 59.9 Å². The first-order valence-electron chi connectivity index (χ1n) is 9.08. The lowest BCUT2D eigenvalue weighted by atomic mass is 10.1. The summed E-state index contributed by atoms with van der Waals surface area (Å²) in [6.45, 7) is 1.83. The standard InChI is InChI=1S/C21H19F2NO5S/c1-2-27-11-14-13-7-3-5-9-16(13)29-19(14)20(26)28-12-18(25)24-15-8-4-6-10-17(15)30-21(22)23/h3-10,21H,2,11-12H2,1H3,(H,24,25). The maximum atomic E-state index is 12.7. The number of rotatable bonds is 9. The summed E-state index contributed by atoms with van der Waals surface area (Å²) < 4.78 is 41.4. The molecule has 1 aromatic heterocycles. The number of halogens is 2. The molecule has 0 spiro atoms. The molecule has 3 rings (SSSR count). The predicted octanol–water partition coefficient (Wildman–Crippen LogP) is 5.08. The molecule has 0 bridgehead atoms. The molecule has 0 unspecified atom stereocenters. The van der Waals surface area contributed by atoms with Crippen LogP contribution in [0.4, 0.5) is 14.5 Å². The van der Waals surface area contributed by atoms with Crippen LogP contribution in [0.1, 0.15) is 23.0 Å². The van der Waals surface area contributed by atoms with Crippen molar-refractivity contribution in [1.29, 1.82) is 0 Å². The number of carbonyl (C=O) groups excluding carboxylic acids is 2. The Bertz CT molecular complexity index is 1040. The number of para-hydroxylation sites is 2. The summed E-state index contributed by atoms with van der Waals surface area (Å²) in [5, 5.41) is 3.20. The predicted molar refractivity (Wildman–Crippen MR) is 109 cm³/mol. The normalized spacial score (nSPS) is 11.1. The van der Waals surface area contributed by atoms with Crippen molar-refractivity contribution < 1.29 is 32.3 Å². The van der Waals surface area contributed by atoms with Gasteiger partial charge in [-0.05, 0) is 25.1 Å². The van der Waals surface area contributed by atoms with Crippen LogP contribution >= 0.6 is 11.8 Å². The van der Waals surface area contributed by atoms with Gasteiger partial charge in [0, 0.05) is 22.5 Å². The fraction of sp³-hybridized carbons (Fsp3) is 0.238. The number of carbonyl (C=O) groups is 2. The zero-order valence-electron chi connectivity index (χ0n) is 16.0. The SMILES string of the molecule is CCOCc1c(C(=O)OCC(=O)Nc2ccccc2SC(F)F)oc2ccccc12. The third-order valence-electron chi connectivity index (χ3n) is 4.05. The molecule has 6 nitrogen and oxygen atoms in total. The number of anilines is 1. The molecule has 30 heavy (non-hydrogen) atoms. The minimum absolute atomic E-state index is 0.0360. The van der Waals surface area contributed by atoms with Gasteiger partial charge in [0.15, 0.2) is 6.61 Å². The van der Waals surface area contributed by atoms with Gasteiger partial charge in [-0.25, -0.2) is 4.79 Å². The number of thioether (sulfide) groups is 1. The molecule has 0 saturated carbocycles. The number of fused-ring (bicyclic) bond motifs is 1.